The lowest BCUT2D eigenvalue weighted by Gasteiger charge is -2.46. The maximum absolute atomic E-state index is 2.61. The monoisotopic (exact) mass is 924 g/mol. The van der Waals surface area contributed by atoms with E-state index >= 15 is 0 Å². The minimum atomic E-state index is -0.0940. The van der Waals surface area contributed by atoms with Gasteiger partial charge in [-0.05, 0) is 186 Å². The molecule has 0 bridgehead atoms. The van der Waals surface area contributed by atoms with E-state index in [0.717, 1.165) is 12.8 Å². The smallest absolute Gasteiger partial charge is 0.192 e. The molecule has 1 heteroatoms. The number of rotatable bonds is 10. The Bertz CT molecular complexity index is 3520. The molecule has 0 amide bonds. The van der Waals surface area contributed by atoms with E-state index in [1.54, 1.807) is 0 Å². The zero-order chi connectivity index (χ0) is 48.8. The predicted molar refractivity (Wildman–Crippen MR) is 305 cm³/mol. The van der Waals surface area contributed by atoms with E-state index in [0.29, 0.717) is 0 Å². The van der Waals surface area contributed by atoms with Gasteiger partial charge in [-0.15, -0.1) is 0 Å². The van der Waals surface area contributed by atoms with Crippen molar-refractivity contribution in [1.82, 2.24) is 0 Å². The van der Waals surface area contributed by atoms with E-state index in [9.17, 15) is 0 Å². The van der Waals surface area contributed by atoms with Gasteiger partial charge in [-0.25, -0.2) is 0 Å². The van der Waals surface area contributed by atoms with Gasteiger partial charge in [-0.2, -0.15) is 4.57 Å². The molecular weight excluding hydrogens is 867 g/mol. The number of pyridine rings is 1. The van der Waals surface area contributed by atoms with Gasteiger partial charge in [-0.3, -0.25) is 0 Å². The van der Waals surface area contributed by atoms with Crippen LogP contribution in [0.25, 0.3) is 111 Å². The Morgan fingerprint density at radius 3 is 1.08 bits per heavy atom. The van der Waals surface area contributed by atoms with E-state index in [4.69, 9.17) is 0 Å². The lowest BCUT2D eigenvalue weighted by Crippen LogP contribution is -2.67. The molecule has 1 nitrogen and oxygen atoms in total. The molecule has 1 aliphatic heterocycles. The molecule has 0 saturated carbocycles. The van der Waals surface area contributed by atoms with Crippen LogP contribution in [0.2, 0.25) is 0 Å². The van der Waals surface area contributed by atoms with Gasteiger partial charge >= 0.3 is 0 Å². The molecule has 0 N–H and O–H groups in total. The van der Waals surface area contributed by atoms with Crippen LogP contribution >= 0.6 is 0 Å². The maximum atomic E-state index is 2.61. The molecule has 0 fully saturated rings. The zero-order valence-electron chi connectivity index (χ0n) is 41.6. The molecule has 2 unspecified atom stereocenters. The highest BCUT2D eigenvalue weighted by molar-refractivity contribution is 5.96. The fraction of sp³-hybridized carbons (Fsp3) is 0.113. The molecule has 346 valence electrons. The second-order valence-corrected chi connectivity index (χ2v) is 20.1. The highest BCUT2D eigenvalue weighted by Gasteiger charge is 2.56. The highest BCUT2D eigenvalue weighted by atomic mass is 15.1. The summed E-state index contributed by atoms with van der Waals surface area (Å²) < 4.78 is 2.61. The minimum Gasteiger partial charge on any atom is -0.192 e. The van der Waals surface area contributed by atoms with Crippen molar-refractivity contribution in [2.45, 2.75) is 51.5 Å². The summed E-state index contributed by atoms with van der Waals surface area (Å²) in [5.74, 6) is 0. The largest absolute Gasteiger partial charge is 0.221 e. The summed E-state index contributed by atoms with van der Waals surface area (Å²) in [5, 5.41) is 2.57. The van der Waals surface area contributed by atoms with Crippen molar-refractivity contribution in [2.75, 3.05) is 0 Å². The number of hydrogen-bond acceptors (Lipinski definition) is 0. The second kappa shape index (κ2) is 18.4. The average molecular weight is 925 g/mol. The van der Waals surface area contributed by atoms with Crippen LogP contribution in [0.15, 0.2) is 255 Å². The summed E-state index contributed by atoms with van der Waals surface area (Å²) in [6.45, 7) is 9.68. The van der Waals surface area contributed by atoms with Crippen LogP contribution in [0.4, 0.5) is 0 Å². The Labute approximate surface area is 425 Å². The van der Waals surface area contributed by atoms with Gasteiger partial charge in [-0.1, -0.05) is 184 Å². The van der Waals surface area contributed by atoms with Crippen molar-refractivity contribution >= 4 is 10.8 Å². The molecule has 1 aliphatic rings. The van der Waals surface area contributed by atoms with Crippen molar-refractivity contribution in [1.29, 1.82) is 0 Å². The molecule has 2 atom stereocenters. The van der Waals surface area contributed by atoms with Gasteiger partial charge < -0.3 is 0 Å². The standard InChI is InChI=1S/C71H58N/c1-5-70(3)68-35-34-56(48-67(68)69-66-33-20-19-30-53(66)36-37-72(69)71(70,4)6-2)54-31-21-32-55(38-54)61-45-64(62-41-57(49-22-11-7-12-23-49)39-58(42-62)50-24-13-8-14-25-50)47-65(46-61)63-43-59(51-26-15-9-16-27-51)40-60(44-63)52-28-17-10-18-29-52/h7-48H,5-6H2,1-4H3/q+1. The Hall–Kier alpha value is -8.39. The van der Waals surface area contributed by atoms with E-state index in [-0.39, 0.29) is 11.0 Å². The molecule has 0 radical (unpaired) electrons. The molecule has 11 aromatic rings. The topological polar surface area (TPSA) is 3.88 Å². The van der Waals surface area contributed by atoms with Gasteiger partial charge in [0.05, 0.1) is 16.4 Å². The Balaban J connectivity index is 1.06. The zero-order valence-corrected chi connectivity index (χ0v) is 41.6. The van der Waals surface area contributed by atoms with E-state index in [1.807, 2.05) is 0 Å². The molecule has 0 saturated heterocycles. The van der Waals surface area contributed by atoms with Crippen LogP contribution in [-0.2, 0) is 11.0 Å². The van der Waals surface area contributed by atoms with Crippen molar-refractivity contribution in [3.63, 3.8) is 0 Å². The Kier molecular flexibility index (Phi) is 11.5. The molecule has 72 heavy (non-hydrogen) atoms. The molecule has 0 spiro atoms. The van der Waals surface area contributed by atoms with Gasteiger partial charge in [0.1, 0.15) is 0 Å². The molecule has 10 aromatic carbocycles. The van der Waals surface area contributed by atoms with Crippen molar-refractivity contribution < 1.29 is 4.57 Å². The van der Waals surface area contributed by atoms with Gasteiger partial charge in [0.2, 0.25) is 5.69 Å². The first kappa shape index (κ1) is 44.8. The first-order valence-corrected chi connectivity index (χ1v) is 25.7. The molecular formula is C71H58N+. The van der Waals surface area contributed by atoms with E-state index in [1.165, 1.54) is 117 Å². The molecule has 1 aromatic heterocycles. The SMILES string of the molecule is CCC1(C)c2ccc(-c3cccc(-c4cc(-c5cc(-c6ccccc6)cc(-c6ccccc6)c5)cc(-c5cc(-c6ccccc6)cc(-c6ccccc6)c5)c4)c3)cc2-c2c3ccccc3cc[n+]2C1(C)CC. The van der Waals surface area contributed by atoms with Crippen molar-refractivity contribution in [3.05, 3.63) is 260 Å². The number of hydrogen-bond donors (Lipinski definition) is 0. The van der Waals surface area contributed by atoms with E-state index < -0.39 is 0 Å². The maximum Gasteiger partial charge on any atom is 0.221 e. The Morgan fingerprint density at radius 2 is 0.653 bits per heavy atom. The van der Waals surface area contributed by atoms with Gasteiger partial charge in [0.25, 0.3) is 0 Å². The number of nitrogens with zero attached hydrogens (tertiary/aromatic N) is 1. The highest BCUT2D eigenvalue weighted by Crippen LogP contribution is 2.52. The summed E-state index contributed by atoms with van der Waals surface area (Å²) >= 11 is 0. The average Bonchev–Trinajstić information content (AvgIpc) is 3.46. The second-order valence-electron chi connectivity index (χ2n) is 20.1. The molecule has 12 rings (SSSR count). The summed E-state index contributed by atoms with van der Waals surface area (Å²) in [7, 11) is 0. The third-order valence-electron chi connectivity index (χ3n) is 16.3. The summed E-state index contributed by atoms with van der Waals surface area (Å²) in [4.78, 5) is 0. The molecule has 0 aliphatic carbocycles. The first-order valence-electron chi connectivity index (χ1n) is 25.7. The normalized spacial score (nSPS) is 16.0. The number of fused-ring (bicyclic) bond motifs is 5. The van der Waals surface area contributed by atoms with Crippen LogP contribution in [0.3, 0.4) is 0 Å². The third kappa shape index (κ3) is 7.87. The predicted octanol–water partition coefficient (Wildman–Crippen LogP) is 18.9. The quantitative estimate of drug-likeness (QED) is 0.120. The van der Waals surface area contributed by atoms with Crippen LogP contribution in [0, 0.1) is 0 Å². The number of benzene rings is 10. The van der Waals surface area contributed by atoms with E-state index in [2.05, 4.69) is 287 Å². The molecule has 2 heterocycles. The van der Waals surface area contributed by atoms with Crippen LogP contribution in [0.1, 0.15) is 46.1 Å². The fourth-order valence-corrected chi connectivity index (χ4v) is 11.8. The number of aromatic nitrogens is 1. The minimum absolute atomic E-state index is 0.0647. The summed E-state index contributed by atoms with van der Waals surface area (Å²) in [5.41, 5.74) is 22.9. The van der Waals surface area contributed by atoms with Crippen LogP contribution in [-0.4, -0.2) is 0 Å². The summed E-state index contributed by atoms with van der Waals surface area (Å²) in [6.07, 6.45) is 4.43. The third-order valence-corrected chi connectivity index (χ3v) is 16.3. The fourth-order valence-electron chi connectivity index (χ4n) is 11.8. The van der Waals surface area contributed by atoms with Crippen molar-refractivity contribution in [2.24, 2.45) is 0 Å². The Morgan fingerprint density at radius 1 is 0.306 bits per heavy atom. The lowest BCUT2D eigenvalue weighted by atomic mass is 9.60. The van der Waals surface area contributed by atoms with Gasteiger partial charge in [0.15, 0.2) is 11.7 Å². The van der Waals surface area contributed by atoms with Crippen LogP contribution < -0.4 is 4.57 Å². The van der Waals surface area contributed by atoms with Crippen LogP contribution in [0.5, 0.6) is 0 Å². The lowest BCUT2D eigenvalue weighted by molar-refractivity contribution is -0.764. The first-order chi connectivity index (χ1) is 35.3. The van der Waals surface area contributed by atoms with Gasteiger partial charge in [0, 0.05) is 19.4 Å². The van der Waals surface area contributed by atoms with Crippen molar-refractivity contribution in [3.8, 4) is 100 Å². The summed E-state index contributed by atoms with van der Waals surface area (Å²) in [6, 6.07) is 92.3.